The molecule has 25 nitrogen and oxygen atoms in total. The first-order valence-corrected chi connectivity index (χ1v) is 25.8. The summed E-state index contributed by atoms with van der Waals surface area (Å²) in [6, 6.07) is -0.748. The standard InChI is InChI=1S/C46H77NO17.C6H8O7/c1-13-33-30(22-58-45-42(57-12)41(56-11)37(52)26(5)60-45)18-23(2)14-15-31(49)24(3)19-29(16-17-48)39(25(4)32(50)20-34(51)62-33)64-44-38(53)36(47(9)10)40(27(6)61-44)63-35-21-46(8,55)43(54)28(7)59-35;7-3(8)1-6(13,5(11)12)2-4(9)10/h14-15,17-18,24-30,32-33,35-45,50,52-55H,13,16,19-22H2,1-12H3;13H,1-2H2,(H,7,8)(H,9,10)(H,11,12)/b15-14+,23-18+;/t24-,25+,26-,27-,28+,29+,30?,32-,33-,35+,36-,37-,38-,39-,40-,41-,42-,43+,44-,45-,46-;/m1./s1. The van der Waals surface area contributed by atoms with E-state index in [1.54, 1.807) is 59.7 Å². The van der Waals surface area contributed by atoms with Crippen LogP contribution in [0, 0.1) is 23.7 Å². The lowest BCUT2D eigenvalue weighted by Gasteiger charge is -2.50. The molecule has 4 rings (SSSR count). The number of ketones is 1. The molecule has 3 saturated heterocycles. The molecule has 0 bridgehead atoms. The van der Waals surface area contributed by atoms with Crippen LogP contribution in [0.1, 0.15) is 100 Å². The van der Waals surface area contributed by atoms with Gasteiger partial charge in [0.15, 0.2) is 30.3 Å². The highest BCUT2D eigenvalue weighted by atomic mass is 16.7. The molecule has 21 atom stereocenters. The van der Waals surface area contributed by atoms with Crippen molar-refractivity contribution < 1.29 is 117 Å². The van der Waals surface area contributed by atoms with E-state index in [-0.39, 0.29) is 31.7 Å². The van der Waals surface area contributed by atoms with E-state index in [0.29, 0.717) is 12.0 Å². The Labute approximate surface area is 449 Å². The smallest absolute Gasteiger partial charge is 0.336 e. The number of allylic oxidation sites excluding steroid dienone is 3. The monoisotopic (exact) mass is 1110 g/mol. The summed E-state index contributed by atoms with van der Waals surface area (Å²) in [5.74, 6) is -8.61. The van der Waals surface area contributed by atoms with Crippen molar-refractivity contribution in [1.29, 1.82) is 0 Å². The van der Waals surface area contributed by atoms with E-state index in [9.17, 15) is 54.3 Å². The molecule has 0 radical (unpaired) electrons. The molecule has 1 unspecified atom stereocenters. The van der Waals surface area contributed by atoms with Gasteiger partial charge in [0.2, 0.25) is 0 Å². The van der Waals surface area contributed by atoms with Crippen LogP contribution in [0.3, 0.4) is 0 Å². The third-order valence-corrected chi connectivity index (χ3v) is 14.7. The molecule has 0 amide bonds. The summed E-state index contributed by atoms with van der Waals surface area (Å²) in [5.41, 5.74) is -3.54. The summed E-state index contributed by atoms with van der Waals surface area (Å²) < 4.78 is 54.7. The van der Waals surface area contributed by atoms with Crippen LogP contribution in [0.4, 0.5) is 0 Å². The molecule has 77 heavy (non-hydrogen) atoms. The Balaban J connectivity index is 0.00000105. The number of cyclic esters (lactones) is 1. The summed E-state index contributed by atoms with van der Waals surface area (Å²) >= 11 is 0. The fraction of sp³-hybridized carbons (Fsp3) is 0.808. The van der Waals surface area contributed by atoms with Crippen molar-refractivity contribution in [1.82, 2.24) is 4.90 Å². The number of carbonyl (C=O) groups excluding carboxylic acids is 3. The van der Waals surface area contributed by atoms with Crippen molar-refractivity contribution in [3.8, 4) is 0 Å². The molecule has 4 heterocycles. The maximum atomic E-state index is 13.8. The summed E-state index contributed by atoms with van der Waals surface area (Å²) in [6.07, 6.45) is -10.8. The number of esters is 1. The van der Waals surface area contributed by atoms with Crippen LogP contribution in [0.25, 0.3) is 0 Å². The SMILES string of the molecule is CC[C@H]1OC(=O)C[C@@H](O)[C@H](C)[C@@H](O[C@H]2O[C@H](C)[C@@H](O[C@H]3C[C@@](C)(O)[C@@H](O)[C@H](C)O3)[C@H](N(C)C)[C@H]2O)[C@@H](CC=O)C[C@@H](C)C(=O)/C=C/C(C)=C/C1CO[C@@H]1O[C@H](C)[C@@H](O)[C@@H](OC)[C@H]1OC.O=C(O)CC(O)(CC(=O)O)C(=O)O. The molecule has 3 fully saturated rings. The molecule has 0 aromatic rings. The number of ether oxygens (including phenoxy) is 9. The lowest BCUT2D eigenvalue weighted by atomic mass is 9.79. The molecule has 442 valence electrons. The summed E-state index contributed by atoms with van der Waals surface area (Å²) in [4.78, 5) is 72.0. The number of carboxylic acid groups (broad SMARTS) is 3. The number of aliphatic carboxylic acids is 3. The second kappa shape index (κ2) is 30.1. The zero-order valence-electron chi connectivity index (χ0n) is 46.1. The van der Waals surface area contributed by atoms with E-state index in [0.717, 1.165) is 6.29 Å². The van der Waals surface area contributed by atoms with Gasteiger partial charge >= 0.3 is 23.9 Å². The van der Waals surface area contributed by atoms with Gasteiger partial charge in [-0.1, -0.05) is 38.5 Å². The Morgan fingerprint density at radius 2 is 1.43 bits per heavy atom. The van der Waals surface area contributed by atoms with Gasteiger partial charge in [-0.2, -0.15) is 0 Å². The van der Waals surface area contributed by atoms with E-state index in [1.165, 1.54) is 27.2 Å². The van der Waals surface area contributed by atoms with Gasteiger partial charge in [0.05, 0.1) is 68.0 Å². The number of rotatable bonds is 18. The number of aliphatic hydroxyl groups is 6. The number of nitrogens with zero attached hydrogens (tertiary/aromatic N) is 1. The average Bonchev–Trinajstić information content (AvgIpc) is 3.33. The van der Waals surface area contributed by atoms with Gasteiger partial charge in [-0.3, -0.25) is 19.2 Å². The highest BCUT2D eigenvalue weighted by Gasteiger charge is 2.52. The van der Waals surface area contributed by atoms with Crippen LogP contribution >= 0.6 is 0 Å². The van der Waals surface area contributed by atoms with Gasteiger partial charge < -0.3 is 98.3 Å². The van der Waals surface area contributed by atoms with Gasteiger partial charge in [0, 0.05) is 44.8 Å². The highest BCUT2D eigenvalue weighted by molar-refractivity contribution is 5.92. The Bertz CT molecular complexity index is 1980. The Kier molecular flexibility index (Phi) is 26.3. The summed E-state index contributed by atoms with van der Waals surface area (Å²) in [7, 11) is 6.43. The molecule has 0 aromatic heterocycles. The third kappa shape index (κ3) is 18.6. The first kappa shape index (κ1) is 67.4. The zero-order chi connectivity index (χ0) is 58.4. The molecule has 4 aliphatic heterocycles. The minimum absolute atomic E-state index is 0.00788. The number of hydrogen-bond acceptors (Lipinski definition) is 22. The number of likely N-dealkylation sites (N-methyl/N-ethyl adjacent to an activating group) is 1. The van der Waals surface area contributed by atoms with Gasteiger partial charge in [0.1, 0.15) is 49.0 Å². The predicted molar refractivity (Wildman–Crippen MR) is 267 cm³/mol. The Morgan fingerprint density at radius 3 is 1.95 bits per heavy atom. The molecular weight excluding hydrogens is 1020 g/mol. The van der Waals surface area contributed by atoms with Crippen LogP contribution in [-0.4, -0.2) is 231 Å². The topological polar surface area (TPSA) is 371 Å². The normalized spacial score (nSPS) is 40.0. The lowest BCUT2D eigenvalue weighted by molar-refractivity contribution is -0.341. The first-order chi connectivity index (χ1) is 35.9. The molecular formula is C52H85NO24. The lowest BCUT2D eigenvalue weighted by Crippen LogP contribution is -2.65. The molecule has 0 aliphatic carbocycles. The maximum Gasteiger partial charge on any atom is 0.336 e. The van der Waals surface area contributed by atoms with E-state index in [4.69, 9.17) is 63.1 Å². The number of aldehydes is 1. The van der Waals surface area contributed by atoms with Crippen LogP contribution in [0.15, 0.2) is 23.8 Å². The summed E-state index contributed by atoms with van der Waals surface area (Å²) in [5, 5.41) is 89.6. The maximum absolute atomic E-state index is 13.8. The number of carboxylic acids is 3. The van der Waals surface area contributed by atoms with E-state index in [1.807, 2.05) is 19.9 Å². The fourth-order valence-corrected chi connectivity index (χ4v) is 10.2. The van der Waals surface area contributed by atoms with Crippen molar-refractivity contribution in [2.75, 3.05) is 34.9 Å². The zero-order valence-corrected chi connectivity index (χ0v) is 46.1. The largest absolute Gasteiger partial charge is 0.481 e. The van der Waals surface area contributed by atoms with Crippen molar-refractivity contribution in [2.24, 2.45) is 23.7 Å². The van der Waals surface area contributed by atoms with E-state index >= 15 is 0 Å². The number of hydrogen-bond donors (Lipinski definition) is 9. The van der Waals surface area contributed by atoms with Crippen molar-refractivity contribution in [3.63, 3.8) is 0 Å². The van der Waals surface area contributed by atoms with Gasteiger partial charge in [-0.15, -0.1) is 0 Å². The molecule has 0 saturated carbocycles. The predicted octanol–water partition coefficient (Wildman–Crippen LogP) is 0.585. The van der Waals surface area contributed by atoms with Crippen molar-refractivity contribution in [2.45, 2.75) is 210 Å². The quantitative estimate of drug-likeness (QED) is 0.0670. The van der Waals surface area contributed by atoms with Gasteiger partial charge in [0.25, 0.3) is 0 Å². The highest BCUT2D eigenvalue weighted by Crippen LogP contribution is 2.38. The number of aliphatic hydroxyl groups excluding tert-OH is 4. The minimum Gasteiger partial charge on any atom is -0.481 e. The van der Waals surface area contributed by atoms with Crippen LogP contribution < -0.4 is 0 Å². The Morgan fingerprint density at radius 1 is 0.831 bits per heavy atom. The number of carbonyl (C=O) groups is 6. The second-order valence-corrected chi connectivity index (χ2v) is 21.2. The fourth-order valence-electron chi connectivity index (χ4n) is 10.2. The molecule has 4 aliphatic rings. The van der Waals surface area contributed by atoms with Gasteiger partial charge in [-0.25, -0.2) is 4.79 Å². The second-order valence-electron chi connectivity index (χ2n) is 21.2. The number of methoxy groups -OCH3 is 2. The molecule has 0 spiro atoms. The first-order valence-electron chi connectivity index (χ1n) is 25.8. The van der Waals surface area contributed by atoms with E-state index < -0.39 is 176 Å². The molecule has 9 N–H and O–H groups in total. The van der Waals surface area contributed by atoms with Gasteiger partial charge in [-0.05, 0) is 73.5 Å². The van der Waals surface area contributed by atoms with E-state index in [2.05, 4.69) is 0 Å². The summed E-state index contributed by atoms with van der Waals surface area (Å²) in [6.45, 7) is 13.6. The Hall–Kier alpha value is -3.90. The van der Waals surface area contributed by atoms with Crippen molar-refractivity contribution in [3.05, 3.63) is 23.8 Å². The molecule has 0 aromatic carbocycles. The van der Waals surface area contributed by atoms with Crippen LogP contribution in [-0.2, 0) is 71.4 Å². The van der Waals surface area contributed by atoms with Crippen molar-refractivity contribution >= 4 is 35.9 Å². The molecule has 25 heteroatoms. The third-order valence-electron chi connectivity index (χ3n) is 14.7. The average molecular weight is 1110 g/mol. The minimum atomic E-state index is -2.74. The van der Waals surface area contributed by atoms with Crippen LogP contribution in [0.5, 0.6) is 0 Å². The van der Waals surface area contributed by atoms with Crippen LogP contribution in [0.2, 0.25) is 0 Å².